The molecule has 1 N–H and O–H groups in total. The third-order valence-corrected chi connectivity index (χ3v) is 9.36. The second-order valence-electron chi connectivity index (χ2n) is 12.2. The molecule has 0 aliphatic carbocycles. The van der Waals surface area contributed by atoms with Crippen molar-refractivity contribution in [1.29, 1.82) is 0 Å². The molecule has 2 fully saturated rings. The minimum absolute atomic E-state index is 0.194. The van der Waals surface area contributed by atoms with Crippen LogP contribution in [0.25, 0.3) is 21.8 Å². The summed E-state index contributed by atoms with van der Waals surface area (Å²) in [6.45, 7) is 13.1. The molecule has 10 heteroatoms. The first-order valence-electron chi connectivity index (χ1n) is 13.3. The Kier molecular flexibility index (Phi) is 6.38. The van der Waals surface area contributed by atoms with Crippen LogP contribution >= 0.6 is 0 Å². The van der Waals surface area contributed by atoms with E-state index in [-0.39, 0.29) is 5.91 Å². The van der Waals surface area contributed by atoms with Gasteiger partial charge in [0.15, 0.2) is 0 Å². The monoisotopic (exact) mass is 532 g/mol. The van der Waals surface area contributed by atoms with Gasteiger partial charge in [-0.25, -0.2) is 4.98 Å². The van der Waals surface area contributed by atoms with E-state index in [9.17, 15) is 4.79 Å². The Morgan fingerprint density at radius 2 is 1.89 bits per heavy atom. The second-order valence-corrected chi connectivity index (χ2v) is 17.8. The SMILES string of the molecule is Cn1ncc2cc(C(=O)Nc3cc4c(cn3)cc(CN3CC5(COC5)C3)n4COCC[Si](C)(C)C)ccc21. The van der Waals surface area contributed by atoms with Gasteiger partial charge in [-0.15, -0.1) is 0 Å². The van der Waals surface area contributed by atoms with Crippen LogP contribution in [0.15, 0.2) is 42.7 Å². The zero-order valence-corrected chi connectivity index (χ0v) is 23.7. The normalized spacial score (nSPS) is 17.2. The van der Waals surface area contributed by atoms with E-state index in [1.54, 1.807) is 10.9 Å². The number of amides is 1. The van der Waals surface area contributed by atoms with Gasteiger partial charge in [-0.05, 0) is 30.3 Å². The van der Waals surface area contributed by atoms with Crippen LogP contribution in [0.5, 0.6) is 0 Å². The molecular formula is C28H36N6O3Si. The zero-order valence-electron chi connectivity index (χ0n) is 22.7. The van der Waals surface area contributed by atoms with E-state index < -0.39 is 8.07 Å². The number of ether oxygens (including phenoxy) is 2. The maximum atomic E-state index is 13.1. The average molecular weight is 533 g/mol. The highest BCUT2D eigenvalue weighted by Gasteiger charge is 2.48. The highest BCUT2D eigenvalue weighted by Crippen LogP contribution is 2.38. The molecule has 1 amide bonds. The maximum absolute atomic E-state index is 13.1. The second kappa shape index (κ2) is 9.60. The molecule has 0 saturated carbocycles. The first kappa shape index (κ1) is 25.2. The number of likely N-dealkylation sites (tertiary alicyclic amines) is 1. The van der Waals surface area contributed by atoms with Crippen LogP contribution in [0.3, 0.4) is 0 Å². The van der Waals surface area contributed by atoms with Gasteiger partial charge < -0.3 is 19.4 Å². The number of fused-ring (bicyclic) bond motifs is 2. The number of aromatic nitrogens is 4. The number of anilines is 1. The van der Waals surface area contributed by atoms with E-state index in [1.165, 1.54) is 5.69 Å². The van der Waals surface area contributed by atoms with Crippen molar-refractivity contribution in [2.45, 2.75) is 39.0 Å². The Bertz CT molecular complexity index is 1490. The summed E-state index contributed by atoms with van der Waals surface area (Å²) in [4.78, 5) is 20.1. The van der Waals surface area contributed by atoms with Crippen LogP contribution in [0, 0.1) is 5.41 Å². The number of nitrogens with zero attached hydrogens (tertiary/aromatic N) is 5. The molecule has 0 unspecified atom stereocenters. The van der Waals surface area contributed by atoms with Crippen molar-refractivity contribution in [3.63, 3.8) is 0 Å². The molecule has 1 spiro atoms. The number of pyridine rings is 1. The third-order valence-electron chi connectivity index (χ3n) is 7.66. The first-order chi connectivity index (χ1) is 18.2. The summed E-state index contributed by atoms with van der Waals surface area (Å²) in [5.41, 5.74) is 4.16. The van der Waals surface area contributed by atoms with E-state index in [4.69, 9.17) is 9.47 Å². The molecule has 0 bridgehead atoms. The smallest absolute Gasteiger partial charge is 0.256 e. The van der Waals surface area contributed by atoms with Gasteiger partial charge in [0.2, 0.25) is 0 Å². The van der Waals surface area contributed by atoms with Gasteiger partial charge in [-0.2, -0.15) is 5.10 Å². The van der Waals surface area contributed by atoms with Gasteiger partial charge in [0, 0.05) is 81.1 Å². The summed E-state index contributed by atoms with van der Waals surface area (Å²) in [6.07, 6.45) is 3.61. The molecule has 1 aromatic carbocycles. The van der Waals surface area contributed by atoms with Gasteiger partial charge in [-0.1, -0.05) is 19.6 Å². The van der Waals surface area contributed by atoms with Gasteiger partial charge in [0.25, 0.3) is 5.91 Å². The van der Waals surface area contributed by atoms with Crippen LogP contribution in [-0.2, 0) is 29.8 Å². The van der Waals surface area contributed by atoms with Crippen LogP contribution in [0.2, 0.25) is 25.7 Å². The summed E-state index contributed by atoms with van der Waals surface area (Å²) >= 11 is 0. The van der Waals surface area contributed by atoms with Crippen molar-refractivity contribution in [3.8, 4) is 0 Å². The molecule has 200 valence electrons. The van der Waals surface area contributed by atoms with Crippen molar-refractivity contribution < 1.29 is 14.3 Å². The number of aryl methyl sites for hydroxylation is 1. The van der Waals surface area contributed by atoms with Gasteiger partial charge >= 0.3 is 0 Å². The topological polar surface area (TPSA) is 86.4 Å². The largest absolute Gasteiger partial charge is 0.380 e. The first-order valence-corrected chi connectivity index (χ1v) is 17.0. The highest BCUT2D eigenvalue weighted by molar-refractivity contribution is 6.76. The van der Waals surface area contributed by atoms with E-state index in [0.29, 0.717) is 23.5 Å². The predicted octanol–water partition coefficient (Wildman–Crippen LogP) is 4.32. The van der Waals surface area contributed by atoms with Gasteiger partial charge in [0.1, 0.15) is 12.5 Å². The number of rotatable bonds is 9. The molecule has 0 atom stereocenters. The number of hydrogen-bond donors (Lipinski definition) is 1. The molecule has 5 heterocycles. The van der Waals surface area contributed by atoms with E-state index >= 15 is 0 Å². The van der Waals surface area contributed by atoms with E-state index in [1.807, 2.05) is 37.5 Å². The average Bonchev–Trinajstić information content (AvgIpc) is 3.36. The van der Waals surface area contributed by atoms with Gasteiger partial charge in [0.05, 0.1) is 30.4 Å². The zero-order chi connectivity index (χ0) is 26.5. The Labute approximate surface area is 223 Å². The molecular weight excluding hydrogens is 496 g/mol. The number of carbonyl (C=O) groups excluding carboxylic acids is 1. The quantitative estimate of drug-likeness (QED) is 0.255. The Balaban J connectivity index is 1.22. The summed E-state index contributed by atoms with van der Waals surface area (Å²) in [7, 11) is 0.714. The summed E-state index contributed by atoms with van der Waals surface area (Å²) < 4.78 is 15.7. The fourth-order valence-electron chi connectivity index (χ4n) is 5.41. The van der Waals surface area contributed by atoms with Crippen molar-refractivity contribution in [2.24, 2.45) is 12.5 Å². The van der Waals surface area contributed by atoms with Crippen molar-refractivity contribution in [2.75, 3.05) is 38.2 Å². The summed E-state index contributed by atoms with van der Waals surface area (Å²) in [5.74, 6) is 0.331. The Morgan fingerprint density at radius 1 is 1.11 bits per heavy atom. The van der Waals surface area contributed by atoms with Crippen LogP contribution in [0.4, 0.5) is 5.82 Å². The minimum atomic E-state index is -1.18. The molecule has 0 radical (unpaired) electrons. The number of nitrogens with one attached hydrogen (secondary N) is 1. The molecule has 6 rings (SSSR count). The van der Waals surface area contributed by atoms with Crippen molar-refractivity contribution in [3.05, 3.63) is 54.0 Å². The molecule has 2 aliphatic heterocycles. The molecule has 2 saturated heterocycles. The summed E-state index contributed by atoms with van der Waals surface area (Å²) in [6, 6.07) is 10.9. The lowest BCUT2D eigenvalue weighted by molar-refractivity contribution is -0.191. The maximum Gasteiger partial charge on any atom is 0.256 e. The minimum Gasteiger partial charge on any atom is -0.380 e. The fourth-order valence-corrected chi connectivity index (χ4v) is 6.17. The highest BCUT2D eigenvalue weighted by atomic mass is 28.3. The lowest BCUT2D eigenvalue weighted by Crippen LogP contribution is -2.65. The lowest BCUT2D eigenvalue weighted by Gasteiger charge is -2.55. The van der Waals surface area contributed by atoms with Crippen molar-refractivity contribution >= 4 is 41.6 Å². The molecule has 4 aromatic rings. The van der Waals surface area contributed by atoms with Crippen LogP contribution in [-0.4, -0.2) is 71.1 Å². The van der Waals surface area contributed by atoms with Gasteiger partial charge in [-0.3, -0.25) is 14.4 Å². The fraction of sp³-hybridized carbons (Fsp3) is 0.464. The predicted molar refractivity (Wildman–Crippen MR) is 151 cm³/mol. The molecule has 9 nitrogen and oxygen atoms in total. The molecule has 2 aliphatic rings. The number of benzene rings is 1. The van der Waals surface area contributed by atoms with E-state index in [0.717, 1.165) is 67.3 Å². The lowest BCUT2D eigenvalue weighted by atomic mass is 9.78. The number of carbonyl (C=O) groups is 1. The van der Waals surface area contributed by atoms with Crippen molar-refractivity contribution in [1.82, 2.24) is 24.2 Å². The number of hydrogen-bond acceptors (Lipinski definition) is 6. The standard InChI is InChI=1S/C28H36N6O3Si/c1-32-24-6-5-20(9-21(24)13-30-32)27(35)31-26-11-25-22(12-29-26)10-23(14-33-15-28(16-33)17-37-18-28)34(25)19-36-7-8-38(2,3)4/h5-6,9-13H,7-8,14-19H2,1-4H3,(H,29,31,35). The summed E-state index contributed by atoms with van der Waals surface area (Å²) in [5, 5.41) is 9.23. The Hall–Kier alpha value is -3.05. The molecule has 38 heavy (non-hydrogen) atoms. The molecule has 3 aromatic heterocycles. The van der Waals surface area contributed by atoms with E-state index in [2.05, 4.69) is 50.6 Å². The Morgan fingerprint density at radius 3 is 2.63 bits per heavy atom. The third kappa shape index (κ3) is 5.01. The van der Waals surface area contributed by atoms with Crippen LogP contribution in [0.1, 0.15) is 16.1 Å². The van der Waals surface area contributed by atoms with Crippen LogP contribution < -0.4 is 5.32 Å².